The van der Waals surface area contributed by atoms with Gasteiger partial charge in [0, 0.05) is 29.2 Å². The van der Waals surface area contributed by atoms with Gasteiger partial charge in [-0.2, -0.15) is 0 Å². The molecule has 0 heterocycles. The lowest BCUT2D eigenvalue weighted by Crippen LogP contribution is -2.34. The van der Waals surface area contributed by atoms with Crippen LogP contribution in [0.3, 0.4) is 0 Å². The highest BCUT2D eigenvalue weighted by molar-refractivity contribution is 7.89. The Balaban J connectivity index is 1.67. The number of fused-ring (bicyclic) bond motifs is 1. The molecule has 38 heavy (non-hydrogen) atoms. The van der Waals surface area contributed by atoms with Crippen LogP contribution in [-0.2, 0) is 25.9 Å². The molecule has 3 N–H and O–H groups in total. The van der Waals surface area contributed by atoms with Crippen LogP contribution in [0.4, 0.5) is 13.2 Å². The number of sulfonamides is 1. The molecular formula is C24H31ClF3N3O6S. The predicted molar refractivity (Wildman–Crippen MR) is 135 cm³/mol. The second-order valence-electron chi connectivity index (χ2n) is 8.68. The van der Waals surface area contributed by atoms with Crippen molar-refractivity contribution in [3.8, 4) is 11.5 Å². The van der Waals surface area contributed by atoms with Crippen molar-refractivity contribution < 1.29 is 40.5 Å². The summed E-state index contributed by atoms with van der Waals surface area (Å²) in [5, 5.41) is 0.0792. The molecule has 0 bridgehead atoms. The summed E-state index contributed by atoms with van der Waals surface area (Å²) in [5.74, 6) is -0.0229. The summed E-state index contributed by atoms with van der Waals surface area (Å²) in [6.45, 7) is 1.78. The van der Waals surface area contributed by atoms with Crippen LogP contribution in [0, 0.1) is 0 Å². The number of rotatable bonds is 14. The van der Waals surface area contributed by atoms with Gasteiger partial charge in [0.2, 0.25) is 10.0 Å². The van der Waals surface area contributed by atoms with E-state index >= 15 is 0 Å². The van der Waals surface area contributed by atoms with Crippen LogP contribution >= 0.6 is 11.6 Å². The van der Waals surface area contributed by atoms with Crippen LogP contribution < -0.4 is 19.9 Å². The number of nitrogens with one attached hydrogen (secondary N) is 1. The Labute approximate surface area is 225 Å². The van der Waals surface area contributed by atoms with Crippen molar-refractivity contribution in [3.63, 3.8) is 0 Å². The van der Waals surface area contributed by atoms with Crippen molar-refractivity contribution in [2.75, 3.05) is 53.6 Å². The van der Waals surface area contributed by atoms with Gasteiger partial charge in [0.25, 0.3) is 0 Å². The van der Waals surface area contributed by atoms with Crippen LogP contribution in [0.15, 0.2) is 41.3 Å². The fraction of sp³-hybridized carbons (Fsp3) is 0.500. The number of halogens is 4. The van der Waals surface area contributed by atoms with Crippen LogP contribution in [0.5, 0.6) is 11.5 Å². The molecule has 2 aromatic carbocycles. The van der Waals surface area contributed by atoms with Gasteiger partial charge in [0.05, 0.1) is 37.4 Å². The van der Waals surface area contributed by atoms with Gasteiger partial charge in [0.1, 0.15) is 17.6 Å². The summed E-state index contributed by atoms with van der Waals surface area (Å²) < 4.78 is 87.4. The SMILES string of the molecule is CN(C)[C@H]1Cc2c(OC(F)(F)F)cc(Cl)cc2[C@@H]1Oc1ccc(S(=O)(=O)NCCOCCOCCN)cc1. The molecule has 2 atom stereocenters. The molecule has 9 nitrogen and oxygen atoms in total. The molecule has 0 aliphatic heterocycles. The highest BCUT2D eigenvalue weighted by Crippen LogP contribution is 2.44. The van der Waals surface area contributed by atoms with Crippen molar-refractivity contribution in [1.29, 1.82) is 0 Å². The average molecular weight is 582 g/mol. The monoisotopic (exact) mass is 581 g/mol. The average Bonchev–Trinajstić information content (AvgIpc) is 3.19. The van der Waals surface area contributed by atoms with Crippen molar-refractivity contribution in [2.45, 2.75) is 29.8 Å². The maximum atomic E-state index is 13.0. The van der Waals surface area contributed by atoms with Gasteiger partial charge < -0.3 is 29.6 Å². The number of benzene rings is 2. The first-order valence-electron chi connectivity index (χ1n) is 11.8. The fourth-order valence-electron chi connectivity index (χ4n) is 4.02. The van der Waals surface area contributed by atoms with Crippen LogP contribution in [-0.4, -0.2) is 79.3 Å². The summed E-state index contributed by atoms with van der Waals surface area (Å²) in [6, 6.07) is 8.13. The Bertz CT molecular complexity index is 1170. The third-order valence-electron chi connectivity index (χ3n) is 5.74. The number of ether oxygens (including phenoxy) is 4. The fourth-order valence-corrected chi connectivity index (χ4v) is 5.25. The smallest absolute Gasteiger partial charge is 0.484 e. The number of hydrogen-bond acceptors (Lipinski definition) is 8. The Morgan fingerprint density at radius 2 is 1.74 bits per heavy atom. The van der Waals surface area contributed by atoms with Crippen LogP contribution in [0.2, 0.25) is 5.02 Å². The van der Waals surface area contributed by atoms with Gasteiger partial charge in [-0.3, -0.25) is 0 Å². The maximum absolute atomic E-state index is 13.0. The first-order chi connectivity index (χ1) is 17.9. The Morgan fingerprint density at radius 3 is 2.34 bits per heavy atom. The molecule has 212 valence electrons. The van der Waals surface area contributed by atoms with E-state index in [1.54, 1.807) is 20.2 Å². The number of alkyl halides is 3. The molecule has 0 unspecified atom stereocenters. The molecule has 0 amide bonds. The molecular weight excluding hydrogens is 551 g/mol. The second kappa shape index (κ2) is 13.3. The largest absolute Gasteiger partial charge is 0.573 e. The van der Waals surface area contributed by atoms with Crippen molar-refractivity contribution in [2.24, 2.45) is 5.73 Å². The third-order valence-corrected chi connectivity index (χ3v) is 7.43. The molecule has 0 spiro atoms. The number of nitrogens with two attached hydrogens (primary N) is 1. The van der Waals surface area contributed by atoms with E-state index in [1.807, 2.05) is 4.90 Å². The lowest BCUT2D eigenvalue weighted by Gasteiger charge is -2.27. The number of hydrogen-bond donors (Lipinski definition) is 2. The van der Waals surface area contributed by atoms with Crippen molar-refractivity contribution in [3.05, 3.63) is 52.5 Å². The van der Waals surface area contributed by atoms with Gasteiger partial charge >= 0.3 is 6.36 Å². The van der Waals surface area contributed by atoms with Gasteiger partial charge in [-0.15, -0.1) is 13.2 Å². The summed E-state index contributed by atoms with van der Waals surface area (Å²) in [6.07, 6.45) is -5.29. The normalized spacial score (nSPS) is 17.6. The molecule has 1 aliphatic carbocycles. The Kier molecular flexibility index (Phi) is 10.6. The van der Waals surface area contributed by atoms with Crippen molar-refractivity contribution >= 4 is 21.6 Å². The van der Waals surface area contributed by atoms with E-state index in [4.69, 9.17) is 31.5 Å². The zero-order valence-electron chi connectivity index (χ0n) is 21.0. The molecule has 0 radical (unpaired) electrons. The van der Waals surface area contributed by atoms with Crippen LogP contribution in [0.25, 0.3) is 0 Å². The molecule has 0 saturated carbocycles. The van der Waals surface area contributed by atoms with E-state index in [0.717, 1.165) is 6.07 Å². The van der Waals surface area contributed by atoms with E-state index in [0.29, 0.717) is 43.2 Å². The zero-order valence-corrected chi connectivity index (χ0v) is 22.5. The summed E-state index contributed by atoms with van der Waals surface area (Å²) in [5.41, 5.74) is 6.14. The van der Waals surface area contributed by atoms with E-state index in [1.165, 1.54) is 24.3 Å². The Hall–Kier alpha value is -2.13. The lowest BCUT2D eigenvalue weighted by atomic mass is 10.1. The standard InChI is InChI=1S/C24H31ClF3N3O6S/c1-31(2)21-15-19-20(13-16(25)14-22(19)37-24(26,27)28)23(21)36-17-3-5-18(6-4-17)38(32,33)30-8-10-35-12-11-34-9-7-29/h3-6,13-14,21,23,30H,7-12,15,29H2,1-2H3/t21-,23-/m0/s1. The Morgan fingerprint density at radius 1 is 1.08 bits per heavy atom. The minimum Gasteiger partial charge on any atom is -0.484 e. The van der Waals surface area contributed by atoms with Gasteiger partial charge in [0.15, 0.2) is 0 Å². The molecule has 0 fully saturated rings. The molecule has 3 rings (SSSR count). The number of nitrogens with zero attached hydrogens (tertiary/aromatic N) is 1. The molecule has 0 aromatic heterocycles. The van der Waals surface area contributed by atoms with Gasteiger partial charge in [-0.25, -0.2) is 13.1 Å². The highest BCUT2D eigenvalue weighted by atomic mass is 35.5. The van der Waals surface area contributed by atoms with Gasteiger partial charge in [-0.1, -0.05) is 11.6 Å². The maximum Gasteiger partial charge on any atom is 0.573 e. The molecule has 1 aliphatic rings. The number of likely N-dealkylation sites (N-methyl/N-ethyl adjacent to an activating group) is 1. The van der Waals surface area contributed by atoms with E-state index in [9.17, 15) is 21.6 Å². The zero-order chi connectivity index (χ0) is 27.9. The predicted octanol–water partition coefficient (Wildman–Crippen LogP) is 3.12. The van der Waals surface area contributed by atoms with Crippen molar-refractivity contribution in [1.82, 2.24) is 9.62 Å². The first-order valence-corrected chi connectivity index (χ1v) is 13.6. The molecule has 0 saturated heterocycles. The summed E-state index contributed by atoms with van der Waals surface area (Å²) in [7, 11) is -0.212. The van der Waals surface area contributed by atoms with E-state index in [-0.39, 0.29) is 41.3 Å². The van der Waals surface area contributed by atoms with E-state index < -0.39 is 22.5 Å². The quantitative estimate of drug-likeness (QED) is 0.327. The first kappa shape index (κ1) is 30.4. The molecule has 14 heteroatoms. The summed E-state index contributed by atoms with van der Waals surface area (Å²) >= 11 is 6.10. The lowest BCUT2D eigenvalue weighted by molar-refractivity contribution is -0.274. The summed E-state index contributed by atoms with van der Waals surface area (Å²) in [4.78, 5) is 1.86. The second-order valence-corrected chi connectivity index (χ2v) is 10.9. The van der Waals surface area contributed by atoms with Crippen LogP contribution in [0.1, 0.15) is 17.2 Å². The van der Waals surface area contributed by atoms with Gasteiger partial charge in [-0.05, 0) is 56.9 Å². The third kappa shape index (κ3) is 8.43. The minimum absolute atomic E-state index is 0.0241. The highest BCUT2D eigenvalue weighted by Gasteiger charge is 2.40. The van der Waals surface area contributed by atoms with E-state index in [2.05, 4.69) is 9.46 Å². The topological polar surface area (TPSA) is 112 Å². The minimum atomic E-state index is -4.87. The molecule has 2 aromatic rings.